The van der Waals surface area contributed by atoms with Gasteiger partial charge in [-0.3, -0.25) is 14.0 Å². The molecule has 1 saturated heterocycles. The van der Waals surface area contributed by atoms with Crippen LogP contribution in [0.5, 0.6) is 11.6 Å². The number of fused-ring (bicyclic) bond motifs is 3. The number of pyridine rings is 2. The van der Waals surface area contributed by atoms with Crippen molar-refractivity contribution < 1.29 is 19.1 Å². The van der Waals surface area contributed by atoms with Crippen molar-refractivity contribution in [1.82, 2.24) is 29.2 Å². The Kier molecular flexibility index (Phi) is 8.79. The Hall–Kier alpha value is -4.90. The lowest BCUT2D eigenvalue weighted by Crippen LogP contribution is -2.45. The van der Waals surface area contributed by atoms with Crippen LogP contribution in [0, 0.1) is 6.92 Å². The molecule has 0 aliphatic carbocycles. The molecule has 11 heteroatoms. The van der Waals surface area contributed by atoms with E-state index < -0.39 is 0 Å². The van der Waals surface area contributed by atoms with Gasteiger partial charge >= 0.3 is 0 Å². The SMILES string of the molecule is COc1cc(C(=O)N2CCC[C@@H](N)C2)cc2nc(-c3cc4ccc5nc4n3CCCCCCOc3ccccc3C(=O)N[C@@H]5C)c(C)n12. The average molecular weight is 650 g/mol. The number of rotatable bonds is 3. The summed E-state index contributed by atoms with van der Waals surface area (Å²) in [6.07, 6.45) is 5.69. The summed E-state index contributed by atoms with van der Waals surface area (Å²) >= 11 is 0. The minimum absolute atomic E-state index is 0.00858. The zero-order valence-corrected chi connectivity index (χ0v) is 27.9. The number of benzene rings is 1. The summed E-state index contributed by atoms with van der Waals surface area (Å²) in [4.78, 5) is 38.9. The number of ether oxygens (including phenoxy) is 2. The molecule has 4 aromatic heterocycles. The lowest BCUT2D eigenvalue weighted by molar-refractivity contribution is 0.0708. The van der Waals surface area contributed by atoms with Crippen LogP contribution in [0.15, 0.2) is 54.6 Å². The summed E-state index contributed by atoms with van der Waals surface area (Å²) in [5.74, 6) is 0.890. The quantitative estimate of drug-likeness (QED) is 0.258. The number of piperidine rings is 1. The van der Waals surface area contributed by atoms with Crippen molar-refractivity contribution >= 4 is 28.5 Å². The standard InChI is InChI=1S/C37H43N7O4/c1-23-29-15-14-25-19-30(43(35(25)40-29)17-8-4-5-9-18-48-31-13-7-6-12-28(31)36(45)39-23)34-24(2)44-32(41-34)20-26(21-33(44)47-3)37(46)42-16-10-11-27(38)22-42/h6-7,12-15,19-21,23,27H,4-5,8-11,16-18,22,38H2,1-3H3,(H,39,45)/t23-,27-/m1/s1. The Morgan fingerprint density at radius 1 is 1.02 bits per heavy atom. The van der Waals surface area contributed by atoms with Crippen molar-refractivity contribution in [2.75, 3.05) is 26.8 Å². The molecule has 2 bridgehead atoms. The van der Waals surface area contributed by atoms with Crippen molar-refractivity contribution in [3.63, 3.8) is 0 Å². The first-order valence-electron chi connectivity index (χ1n) is 17.0. The van der Waals surface area contributed by atoms with E-state index in [4.69, 9.17) is 25.2 Å². The average Bonchev–Trinajstić information content (AvgIpc) is 3.63. The van der Waals surface area contributed by atoms with Gasteiger partial charge in [0.25, 0.3) is 11.8 Å². The van der Waals surface area contributed by atoms with Gasteiger partial charge in [0.2, 0.25) is 0 Å². The fourth-order valence-corrected chi connectivity index (χ4v) is 7.01. The Balaban J connectivity index is 1.29. The van der Waals surface area contributed by atoms with E-state index in [2.05, 4.69) is 22.0 Å². The summed E-state index contributed by atoms with van der Waals surface area (Å²) < 4.78 is 16.1. The van der Waals surface area contributed by atoms with Gasteiger partial charge in [0.1, 0.15) is 22.7 Å². The smallest absolute Gasteiger partial charge is 0.255 e. The number of likely N-dealkylation sites (tertiary alicyclic amines) is 1. The summed E-state index contributed by atoms with van der Waals surface area (Å²) in [6, 6.07) is 16.9. The number of hydrogen-bond donors (Lipinski definition) is 2. The van der Waals surface area contributed by atoms with Crippen LogP contribution < -0.4 is 20.5 Å². The van der Waals surface area contributed by atoms with E-state index in [-0.39, 0.29) is 23.9 Å². The van der Waals surface area contributed by atoms with Crippen molar-refractivity contribution in [1.29, 1.82) is 0 Å². The highest BCUT2D eigenvalue weighted by Gasteiger charge is 2.26. The van der Waals surface area contributed by atoms with E-state index in [1.165, 1.54) is 0 Å². The highest BCUT2D eigenvalue weighted by Crippen LogP contribution is 2.34. The highest BCUT2D eigenvalue weighted by molar-refractivity contribution is 5.97. The number of hydrogen-bond acceptors (Lipinski definition) is 7. The second-order valence-corrected chi connectivity index (χ2v) is 13.0. The molecule has 2 amide bonds. The van der Waals surface area contributed by atoms with Crippen molar-refractivity contribution in [3.05, 3.63) is 77.1 Å². The number of para-hydroxylation sites is 1. The fraction of sp³-hybridized carbons (Fsp3) is 0.405. The first-order chi connectivity index (χ1) is 23.3. The van der Waals surface area contributed by atoms with E-state index >= 15 is 0 Å². The van der Waals surface area contributed by atoms with Gasteiger partial charge in [-0.1, -0.05) is 25.0 Å². The number of methoxy groups -OCH3 is 1. The van der Waals surface area contributed by atoms with Crippen LogP contribution in [0.1, 0.15) is 83.6 Å². The minimum atomic E-state index is -0.332. The lowest BCUT2D eigenvalue weighted by atomic mass is 10.1. The van der Waals surface area contributed by atoms with Crippen LogP contribution in [-0.2, 0) is 6.54 Å². The van der Waals surface area contributed by atoms with E-state index in [0.717, 1.165) is 78.9 Å². The third-order valence-corrected chi connectivity index (χ3v) is 9.58. The zero-order valence-electron chi connectivity index (χ0n) is 27.9. The number of imidazole rings is 1. The number of aromatic nitrogens is 4. The third-order valence-electron chi connectivity index (χ3n) is 9.58. The summed E-state index contributed by atoms with van der Waals surface area (Å²) in [6.45, 7) is 6.51. The van der Waals surface area contributed by atoms with Gasteiger partial charge in [0.15, 0.2) is 5.88 Å². The molecule has 48 heavy (non-hydrogen) atoms. The molecular weight excluding hydrogens is 606 g/mol. The lowest BCUT2D eigenvalue weighted by Gasteiger charge is -2.30. The third kappa shape index (κ3) is 5.98. The Morgan fingerprint density at radius 3 is 2.69 bits per heavy atom. The monoisotopic (exact) mass is 649 g/mol. The van der Waals surface area contributed by atoms with Crippen LogP contribution in [0.2, 0.25) is 0 Å². The molecule has 1 aromatic carbocycles. The Morgan fingerprint density at radius 2 is 1.85 bits per heavy atom. The molecule has 11 nitrogen and oxygen atoms in total. The predicted octanol–water partition coefficient (Wildman–Crippen LogP) is 5.68. The second kappa shape index (κ2) is 13.3. The largest absolute Gasteiger partial charge is 0.493 e. The molecule has 0 unspecified atom stereocenters. The number of nitrogens with two attached hydrogens (primary N) is 1. The number of carbonyl (C=O) groups is 2. The first-order valence-corrected chi connectivity index (χ1v) is 17.0. The second-order valence-electron chi connectivity index (χ2n) is 13.0. The molecule has 250 valence electrons. The summed E-state index contributed by atoms with van der Waals surface area (Å²) in [5.41, 5.74) is 12.2. The van der Waals surface area contributed by atoms with Gasteiger partial charge in [0.05, 0.1) is 42.4 Å². The summed E-state index contributed by atoms with van der Waals surface area (Å²) in [5, 5.41) is 4.11. The number of amides is 2. The van der Waals surface area contributed by atoms with E-state index in [1.807, 2.05) is 53.5 Å². The van der Waals surface area contributed by atoms with Gasteiger partial charge in [0, 0.05) is 42.7 Å². The minimum Gasteiger partial charge on any atom is -0.493 e. The van der Waals surface area contributed by atoms with Crippen molar-refractivity contribution in [2.45, 2.75) is 71.0 Å². The van der Waals surface area contributed by atoms with Crippen LogP contribution in [0.4, 0.5) is 0 Å². The fourth-order valence-electron chi connectivity index (χ4n) is 7.01. The molecule has 0 spiro atoms. The van der Waals surface area contributed by atoms with Crippen LogP contribution in [0.3, 0.4) is 0 Å². The summed E-state index contributed by atoms with van der Waals surface area (Å²) in [7, 11) is 1.62. The normalized spacial score (nSPS) is 19.2. The van der Waals surface area contributed by atoms with E-state index in [1.54, 1.807) is 19.2 Å². The molecule has 5 aromatic rings. The molecule has 7 rings (SSSR count). The topological polar surface area (TPSA) is 129 Å². The van der Waals surface area contributed by atoms with Crippen LogP contribution in [-0.4, -0.2) is 68.5 Å². The van der Waals surface area contributed by atoms with Gasteiger partial charge in [-0.15, -0.1) is 0 Å². The molecule has 2 aliphatic rings. The molecule has 0 radical (unpaired) electrons. The number of carbonyl (C=O) groups excluding carboxylic acids is 2. The van der Waals surface area contributed by atoms with Crippen LogP contribution >= 0.6 is 0 Å². The molecular formula is C37H43N7O4. The van der Waals surface area contributed by atoms with Crippen molar-refractivity contribution in [3.8, 4) is 23.0 Å². The van der Waals surface area contributed by atoms with Crippen molar-refractivity contribution in [2.24, 2.45) is 5.73 Å². The first kappa shape index (κ1) is 31.7. The van der Waals surface area contributed by atoms with Gasteiger partial charge in [-0.2, -0.15) is 0 Å². The number of nitrogens with zero attached hydrogens (tertiary/aromatic N) is 5. The van der Waals surface area contributed by atoms with E-state index in [9.17, 15) is 9.59 Å². The predicted molar refractivity (Wildman–Crippen MR) is 185 cm³/mol. The Bertz CT molecular complexity index is 2000. The maximum Gasteiger partial charge on any atom is 0.255 e. The Labute approximate surface area is 280 Å². The van der Waals surface area contributed by atoms with E-state index in [0.29, 0.717) is 48.1 Å². The van der Waals surface area contributed by atoms with Gasteiger partial charge in [-0.05, 0) is 75.9 Å². The molecule has 6 heterocycles. The molecule has 0 saturated carbocycles. The number of nitrogens with one attached hydrogen (secondary N) is 1. The zero-order chi connectivity index (χ0) is 33.4. The highest BCUT2D eigenvalue weighted by atomic mass is 16.5. The van der Waals surface area contributed by atoms with Crippen LogP contribution in [0.25, 0.3) is 28.1 Å². The van der Waals surface area contributed by atoms with Gasteiger partial charge in [-0.25, -0.2) is 9.97 Å². The molecule has 2 atom stereocenters. The molecule has 1 fully saturated rings. The molecule has 3 N–H and O–H groups in total. The maximum absolute atomic E-state index is 13.6. The van der Waals surface area contributed by atoms with Gasteiger partial charge < -0.3 is 30.0 Å². The maximum atomic E-state index is 13.6. The number of aryl methyl sites for hydroxylation is 2. The molecule has 2 aliphatic heterocycles.